The summed E-state index contributed by atoms with van der Waals surface area (Å²) in [5.41, 5.74) is 2.90. The molecule has 3 N–H and O–H groups in total. The van der Waals surface area contributed by atoms with Crippen molar-refractivity contribution in [3.63, 3.8) is 0 Å². The zero-order valence-electron chi connectivity index (χ0n) is 27.3. The van der Waals surface area contributed by atoms with Gasteiger partial charge in [0.2, 0.25) is 11.8 Å². The van der Waals surface area contributed by atoms with Gasteiger partial charge < -0.3 is 20.5 Å². The average molecular weight is 635 g/mol. The van der Waals surface area contributed by atoms with Gasteiger partial charge in [-0.2, -0.15) is 0 Å². The minimum atomic E-state index is -0.937. The van der Waals surface area contributed by atoms with Gasteiger partial charge in [0.25, 0.3) is 0 Å². The third-order valence-corrected chi connectivity index (χ3v) is 8.08. The first-order valence-electron chi connectivity index (χ1n) is 16.5. The summed E-state index contributed by atoms with van der Waals surface area (Å²) in [6.07, 6.45) is 2.03. The van der Waals surface area contributed by atoms with Crippen molar-refractivity contribution in [1.29, 1.82) is 0 Å². The van der Waals surface area contributed by atoms with Crippen LogP contribution in [0, 0.1) is 5.92 Å². The zero-order valence-corrected chi connectivity index (χ0v) is 27.3. The van der Waals surface area contributed by atoms with Crippen molar-refractivity contribution in [2.75, 3.05) is 0 Å². The van der Waals surface area contributed by atoms with Gasteiger partial charge in [-0.15, -0.1) is 0 Å². The summed E-state index contributed by atoms with van der Waals surface area (Å²) in [5.74, 6) is 0.542. The highest BCUT2D eigenvalue weighted by molar-refractivity contribution is 5.89. The van der Waals surface area contributed by atoms with Crippen LogP contribution in [0.25, 0.3) is 0 Å². The van der Waals surface area contributed by atoms with Crippen molar-refractivity contribution >= 4 is 17.6 Å². The quantitative estimate of drug-likeness (QED) is 0.114. The average Bonchev–Trinajstić information content (AvgIpc) is 3.07. The number of ketones is 1. The second kappa shape index (κ2) is 18.4. The summed E-state index contributed by atoms with van der Waals surface area (Å²) >= 11 is 0. The van der Waals surface area contributed by atoms with E-state index in [0.29, 0.717) is 24.3 Å². The van der Waals surface area contributed by atoms with Gasteiger partial charge in [-0.3, -0.25) is 14.4 Å². The van der Waals surface area contributed by atoms with E-state index < -0.39 is 18.2 Å². The van der Waals surface area contributed by atoms with E-state index in [1.165, 1.54) is 5.56 Å². The molecule has 47 heavy (non-hydrogen) atoms. The molecule has 0 radical (unpaired) electrons. The van der Waals surface area contributed by atoms with E-state index in [1.807, 2.05) is 117 Å². The molecule has 0 saturated carbocycles. The molecule has 0 unspecified atom stereocenters. The highest BCUT2D eigenvalue weighted by atomic mass is 16.5. The van der Waals surface area contributed by atoms with Crippen LogP contribution in [0.4, 0.5) is 0 Å². The summed E-state index contributed by atoms with van der Waals surface area (Å²) in [6, 6.07) is 35.0. The first-order valence-corrected chi connectivity index (χ1v) is 16.5. The Morgan fingerprint density at radius 2 is 1.30 bits per heavy atom. The zero-order chi connectivity index (χ0) is 33.4. The molecule has 0 aliphatic rings. The third kappa shape index (κ3) is 12.2. The van der Waals surface area contributed by atoms with Crippen LogP contribution in [0.5, 0.6) is 11.5 Å². The molecule has 2 amide bonds. The molecule has 0 fully saturated rings. The molecule has 0 aromatic heterocycles. The lowest BCUT2D eigenvalue weighted by Gasteiger charge is -2.28. The maximum Gasteiger partial charge on any atom is 0.243 e. The number of aliphatic hydroxyl groups excluding tert-OH is 1. The van der Waals surface area contributed by atoms with Crippen LogP contribution in [0.15, 0.2) is 115 Å². The largest absolute Gasteiger partial charge is 0.457 e. The fraction of sp³-hybridized carbons (Fsp3) is 0.325. The van der Waals surface area contributed by atoms with E-state index in [1.54, 1.807) is 0 Å². The number of carbonyl (C=O) groups is 3. The Morgan fingerprint density at radius 3 is 1.96 bits per heavy atom. The number of rotatable bonds is 18. The Labute approximate surface area is 278 Å². The van der Waals surface area contributed by atoms with Crippen LogP contribution >= 0.6 is 0 Å². The summed E-state index contributed by atoms with van der Waals surface area (Å²) in [6.45, 7) is 3.74. The molecule has 0 bridgehead atoms. The molecular formula is C40H46N2O5. The second-order valence-electron chi connectivity index (χ2n) is 12.3. The Hall–Kier alpha value is -4.75. The van der Waals surface area contributed by atoms with E-state index >= 15 is 0 Å². The standard InChI is InChI=1S/C40H46N2O5/c1-29(2)39(42-38(45)28-32-19-13-23-35(26-32)47-34-21-10-5-11-22-34)40(46)41-36(27-31-16-8-4-9-17-31)37(44)25-24-33(43)20-12-18-30-14-6-3-7-15-30/h3-11,13-17,19,21-23,26,29,36-37,39,44H,12,18,20,24-25,27-28H2,1-2H3,(H,41,46)(H,42,45)/t36-,37-,39-/m0/s1. The number of Topliss-reactive ketones (excluding diaryl/α,β-unsaturated/α-hetero) is 1. The molecule has 4 aromatic rings. The molecule has 0 spiro atoms. The van der Waals surface area contributed by atoms with Crippen LogP contribution in [0.2, 0.25) is 0 Å². The number of benzene rings is 4. The van der Waals surface area contributed by atoms with Gasteiger partial charge in [0.1, 0.15) is 23.3 Å². The SMILES string of the molecule is CC(C)[C@H](NC(=O)Cc1cccc(Oc2ccccc2)c1)C(=O)N[C@@H](Cc1ccccc1)[C@@H](O)CCC(=O)CCCc1ccccc1. The first kappa shape index (κ1) is 35.1. The van der Waals surface area contributed by atoms with Gasteiger partial charge in [-0.1, -0.05) is 105 Å². The van der Waals surface area contributed by atoms with E-state index in [0.717, 1.165) is 24.0 Å². The highest BCUT2D eigenvalue weighted by Gasteiger charge is 2.29. The number of carbonyl (C=O) groups excluding carboxylic acids is 3. The van der Waals surface area contributed by atoms with Crippen LogP contribution in [0.1, 0.15) is 56.2 Å². The van der Waals surface area contributed by atoms with Gasteiger partial charge in [-0.05, 0) is 72.6 Å². The van der Waals surface area contributed by atoms with Gasteiger partial charge in [0.05, 0.1) is 18.6 Å². The van der Waals surface area contributed by atoms with E-state index in [-0.39, 0.29) is 42.8 Å². The number of aliphatic hydroxyl groups is 1. The maximum absolute atomic E-state index is 13.6. The molecule has 7 nitrogen and oxygen atoms in total. The van der Waals surface area contributed by atoms with Crippen LogP contribution < -0.4 is 15.4 Å². The second-order valence-corrected chi connectivity index (χ2v) is 12.3. The number of hydrogen-bond acceptors (Lipinski definition) is 5. The molecule has 0 saturated heterocycles. The van der Waals surface area contributed by atoms with E-state index in [2.05, 4.69) is 22.8 Å². The molecule has 246 valence electrons. The van der Waals surface area contributed by atoms with Crippen molar-refractivity contribution in [2.24, 2.45) is 5.92 Å². The summed E-state index contributed by atoms with van der Waals surface area (Å²) < 4.78 is 5.90. The summed E-state index contributed by atoms with van der Waals surface area (Å²) in [5, 5.41) is 17.1. The Balaban J connectivity index is 1.34. The fourth-order valence-electron chi connectivity index (χ4n) is 5.48. The fourth-order valence-corrected chi connectivity index (χ4v) is 5.48. The van der Waals surface area contributed by atoms with Crippen molar-refractivity contribution in [3.05, 3.63) is 132 Å². The minimum Gasteiger partial charge on any atom is -0.457 e. The number of nitrogens with one attached hydrogen (secondary N) is 2. The predicted molar refractivity (Wildman–Crippen MR) is 185 cm³/mol. The van der Waals surface area contributed by atoms with Crippen LogP contribution in [-0.2, 0) is 33.6 Å². The lowest BCUT2D eigenvalue weighted by Crippen LogP contribution is -2.55. The number of hydrogen-bond donors (Lipinski definition) is 3. The number of ether oxygens (including phenoxy) is 1. The highest BCUT2D eigenvalue weighted by Crippen LogP contribution is 2.22. The van der Waals surface area contributed by atoms with E-state index in [4.69, 9.17) is 4.74 Å². The van der Waals surface area contributed by atoms with Gasteiger partial charge in [0, 0.05) is 12.8 Å². The van der Waals surface area contributed by atoms with Crippen molar-refractivity contribution in [2.45, 2.75) is 77.0 Å². The summed E-state index contributed by atoms with van der Waals surface area (Å²) in [7, 11) is 0. The third-order valence-electron chi connectivity index (χ3n) is 8.08. The molecular weight excluding hydrogens is 588 g/mol. The van der Waals surface area contributed by atoms with Gasteiger partial charge >= 0.3 is 0 Å². The molecule has 7 heteroatoms. The summed E-state index contributed by atoms with van der Waals surface area (Å²) in [4.78, 5) is 39.4. The first-order chi connectivity index (χ1) is 22.8. The lowest BCUT2D eigenvalue weighted by molar-refractivity contribution is -0.130. The molecule has 0 heterocycles. The minimum absolute atomic E-state index is 0.0743. The lowest BCUT2D eigenvalue weighted by atomic mass is 9.95. The van der Waals surface area contributed by atoms with Gasteiger partial charge in [0.15, 0.2) is 0 Å². The number of amides is 2. The van der Waals surface area contributed by atoms with Crippen LogP contribution in [0.3, 0.4) is 0 Å². The molecule has 4 aromatic carbocycles. The molecule has 0 aliphatic heterocycles. The van der Waals surface area contributed by atoms with Crippen molar-refractivity contribution < 1.29 is 24.2 Å². The maximum atomic E-state index is 13.6. The van der Waals surface area contributed by atoms with Crippen molar-refractivity contribution in [3.8, 4) is 11.5 Å². The van der Waals surface area contributed by atoms with Crippen LogP contribution in [-0.4, -0.2) is 40.9 Å². The van der Waals surface area contributed by atoms with E-state index in [9.17, 15) is 19.5 Å². The molecule has 3 atom stereocenters. The molecule has 0 aliphatic carbocycles. The van der Waals surface area contributed by atoms with Gasteiger partial charge in [-0.25, -0.2) is 0 Å². The number of para-hydroxylation sites is 1. The normalized spacial score (nSPS) is 12.9. The Bertz CT molecular complexity index is 1540. The topological polar surface area (TPSA) is 105 Å². The Kier molecular flexibility index (Phi) is 13.8. The smallest absolute Gasteiger partial charge is 0.243 e. The number of aryl methyl sites for hydroxylation is 1. The van der Waals surface area contributed by atoms with Crippen molar-refractivity contribution in [1.82, 2.24) is 10.6 Å². The predicted octanol–water partition coefficient (Wildman–Crippen LogP) is 6.62. The monoisotopic (exact) mass is 634 g/mol. The Morgan fingerprint density at radius 1 is 0.702 bits per heavy atom. The molecule has 4 rings (SSSR count).